The largest absolute Gasteiger partial charge is 0.247 e. The first kappa shape index (κ1) is 18.5. The third-order valence-electron chi connectivity index (χ3n) is 6.27. The van der Waals surface area contributed by atoms with Crippen LogP contribution in [0, 0.1) is 23.5 Å². The average Bonchev–Trinajstić information content (AvgIpc) is 2.61. The lowest BCUT2D eigenvalue weighted by atomic mass is 9.79. The van der Waals surface area contributed by atoms with Crippen LogP contribution in [0.1, 0.15) is 74.8 Å². The van der Waals surface area contributed by atoms with Crippen LogP contribution in [0.4, 0.5) is 13.2 Å². The second-order valence-corrected chi connectivity index (χ2v) is 7.98. The number of hydrogen-bond donors (Lipinski definition) is 0. The molecule has 0 N–H and O–H groups in total. The Bertz CT molecular complexity index is 556. The lowest BCUT2D eigenvalue weighted by Crippen LogP contribution is -2.16. The first-order chi connectivity index (χ1) is 12.1. The van der Waals surface area contributed by atoms with Crippen molar-refractivity contribution in [3.05, 3.63) is 47.5 Å². The van der Waals surface area contributed by atoms with Crippen LogP contribution in [-0.4, -0.2) is 6.17 Å². The van der Waals surface area contributed by atoms with Crippen molar-refractivity contribution in [2.24, 2.45) is 11.8 Å². The van der Waals surface area contributed by atoms with E-state index in [1.807, 2.05) is 0 Å². The van der Waals surface area contributed by atoms with E-state index in [0.29, 0.717) is 37.5 Å². The monoisotopic (exact) mass is 350 g/mol. The Morgan fingerprint density at radius 2 is 1.52 bits per heavy atom. The van der Waals surface area contributed by atoms with Gasteiger partial charge in [0.25, 0.3) is 0 Å². The number of benzene rings is 1. The van der Waals surface area contributed by atoms with E-state index in [0.717, 1.165) is 18.4 Å². The van der Waals surface area contributed by atoms with Gasteiger partial charge in [0.1, 0.15) is 17.8 Å². The normalized spacial score (nSPS) is 30.2. The number of rotatable bonds is 5. The summed E-state index contributed by atoms with van der Waals surface area (Å²) in [5.74, 6) is 0.252. The van der Waals surface area contributed by atoms with Gasteiger partial charge in [-0.15, -0.1) is 6.58 Å². The molecule has 2 saturated carbocycles. The van der Waals surface area contributed by atoms with Crippen LogP contribution in [0.15, 0.2) is 24.8 Å². The van der Waals surface area contributed by atoms with Gasteiger partial charge in [0, 0.05) is 5.56 Å². The van der Waals surface area contributed by atoms with E-state index in [-0.39, 0.29) is 11.5 Å². The lowest BCUT2D eigenvalue weighted by Gasteiger charge is -2.27. The Kier molecular flexibility index (Phi) is 6.24. The van der Waals surface area contributed by atoms with Gasteiger partial charge in [0.2, 0.25) is 0 Å². The third-order valence-corrected chi connectivity index (χ3v) is 6.27. The van der Waals surface area contributed by atoms with Gasteiger partial charge in [0.05, 0.1) is 0 Å². The van der Waals surface area contributed by atoms with E-state index in [4.69, 9.17) is 0 Å². The van der Waals surface area contributed by atoms with E-state index in [2.05, 4.69) is 12.7 Å². The average molecular weight is 350 g/mol. The molecule has 0 radical (unpaired) electrons. The van der Waals surface area contributed by atoms with Crippen molar-refractivity contribution in [1.29, 1.82) is 0 Å². The summed E-state index contributed by atoms with van der Waals surface area (Å²) >= 11 is 0. The molecule has 2 aliphatic carbocycles. The summed E-state index contributed by atoms with van der Waals surface area (Å²) in [5, 5.41) is 0. The molecule has 3 heteroatoms. The van der Waals surface area contributed by atoms with Crippen LogP contribution in [-0.2, 0) is 6.42 Å². The van der Waals surface area contributed by atoms with Gasteiger partial charge in [-0.3, -0.25) is 0 Å². The van der Waals surface area contributed by atoms with Gasteiger partial charge < -0.3 is 0 Å². The van der Waals surface area contributed by atoms with Gasteiger partial charge in [0.15, 0.2) is 0 Å². The van der Waals surface area contributed by atoms with E-state index < -0.39 is 17.8 Å². The molecule has 0 aliphatic heterocycles. The molecule has 0 saturated heterocycles. The van der Waals surface area contributed by atoms with Crippen LogP contribution in [0.3, 0.4) is 0 Å². The maximum Gasteiger partial charge on any atom is 0.129 e. The Morgan fingerprint density at radius 3 is 2.08 bits per heavy atom. The van der Waals surface area contributed by atoms with Crippen molar-refractivity contribution in [2.45, 2.75) is 76.3 Å². The highest BCUT2D eigenvalue weighted by atomic mass is 19.1. The molecule has 0 atom stereocenters. The minimum atomic E-state index is -0.808. The minimum absolute atomic E-state index is 0.171. The molecular weight excluding hydrogens is 321 g/mol. The first-order valence-electron chi connectivity index (χ1n) is 9.81. The van der Waals surface area contributed by atoms with Gasteiger partial charge in [-0.25, -0.2) is 13.2 Å². The molecule has 25 heavy (non-hydrogen) atoms. The van der Waals surface area contributed by atoms with Crippen LogP contribution >= 0.6 is 0 Å². The summed E-state index contributed by atoms with van der Waals surface area (Å²) in [7, 11) is 0. The molecule has 138 valence electrons. The highest BCUT2D eigenvalue weighted by Crippen LogP contribution is 2.37. The molecule has 0 amide bonds. The molecule has 0 bridgehead atoms. The summed E-state index contributed by atoms with van der Waals surface area (Å²) in [6.07, 6.45) is 9.63. The highest BCUT2D eigenvalue weighted by molar-refractivity contribution is 5.29. The highest BCUT2D eigenvalue weighted by Gasteiger charge is 2.27. The molecule has 0 nitrogen and oxygen atoms in total. The minimum Gasteiger partial charge on any atom is -0.247 e. The Balaban J connectivity index is 1.59. The fourth-order valence-corrected chi connectivity index (χ4v) is 4.60. The molecule has 0 aromatic heterocycles. The number of halogens is 3. The molecule has 2 aliphatic rings. The predicted octanol–water partition coefficient (Wildman–Crippen LogP) is 6.89. The Labute approximate surface area is 149 Å². The van der Waals surface area contributed by atoms with Crippen molar-refractivity contribution in [1.82, 2.24) is 0 Å². The number of aryl methyl sites for hydroxylation is 1. The molecule has 2 fully saturated rings. The third kappa shape index (κ3) is 4.68. The number of hydrogen-bond acceptors (Lipinski definition) is 0. The summed E-state index contributed by atoms with van der Waals surface area (Å²) in [6, 6.07) is 3.02. The maximum atomic E-state index is 14.5. The zero-order valence-electron chi connectivity index (χ0n) is 15.0. The molecule has 0 unspecified atom stereocenters. The molecule has 0 spiro atoms. The van der Waals surface area contributed by atoms with Gasteiger partial charge in [-0.2, -0.15) is 0 Å². The summed E-state index contributed by atoms with van der Waals surface area (Å²) in [5.41, 5.74) is 0.936. The quantitative estimate of drug-likeness (QED) is 0.507. The van der Waals surface area contributed by atoms with Crippen molar-refractivity contribution in [2.75, 3.05) is 0 Å². The van der Waals surface area contributed by atoms with E-state index in [1.165, 1.54) is 37.8 Å². The molecule has 0 heterocycles. The lowest BCUT2D eigenvalue weighted by molar-refractivity contribution is 0.231. The van der Waals surface area contributed by atoms with Gasteiger partial charge in [-0.05, 0) is 99.7 Å². The molecule has 1 aromatic rings. The predicted molar refractivity (Wildman–Crippen MR) is 96.4 cm³/mol. The molecule has 3 rings (SSSR count). The smallest absolute Gasteiger partial charge is 0.129 e. The number of alkyl halides is 1. The Morgan fingerprint density at radius 1 is 0.920 bits per heavy atom. The van der Waals surface area contributed by atoms with Gasteiger partial charge in [-0.1, -0.05) is 6.08 Å². The second-order valence-electron chi connectivity index (χ2n) is 7.98. The van der Waals surface area contributed by atoms with Crippen molar-refractivity contribution < 1.29 is 13.2 Å². The summed E-state index contributed by atoms with van der Waals surface area (Å²) < 4.78 is 42.3. The Hall–Kier alpha value is -1.25. The fraction of sp³-hybridized carbons (Fsp3) is 0.636. The second kappa shape index (κ2) is 8.42. The first-order valence-corrected chi connectivity index (χ1v) is 9.81. The maximum absolute atomic E-state index is 14.5. The molecular formula is C22H29F3. The SMILES string of the molecule is C=CC1CCC(CCc2cc(F)c(C3CCC(F)CC3)c(F)c2)CC1. The number of allylic oxidation sites excluding steroid dienone is 1. The van der Waals surface area contributed by atoms with E-state index >= 15 is 0 Å². The summed E-state index contributed by atoms with van der Waals surface area (Å²) in [6.45, 7) is 3.87. The van der Waals surface area contributed by atoms with E-state index in [1.54, 1.807) is 0 Å². The van der Waals surface area contributed by atoms with Crippen molar-refractivity contribution >= 4 is 0 Å². The zero-order chi connectivity index (χ0) is 17.8. The molecule has 1 aromatic carbocycles. The topological polar surface area (TPSA) is 0 Å². The van der Waals surface area contributed by atoms with Crippen LogP contribution < -0.4 is 0 Å². The standard InChI is InChI=1S/C22H29F3/c1-2-15-3-5-16(6-4-15)7-8-17-13-20(24)22(21(25)14-17)18-9-11-19(23)12-10-18/h2,13-16,18-19H,1,3-12H2. The van der Waals surface area contributed by atoms with E-state index in [9.17, 15) is 13.2 Å². The zero-order valence-corrected chi connectivity index (χ0v) is 15.0. The van der Waals surface area contributed by atoms with Crippen LogP contribution in [0.5, 0.6) is 0 Å². The van der Waals surface area contributed by atoms with Crippen LogP contribution in [0.2, 0.25) is 0 Å². The summed E-state index contributed by atoms with van der Waals surface area (Å²) in [4.78, 5) is 0. The van der Waals surface area contributed by atoms with Gasteiger partial charge >= 0.3 is 0 Å². The van der Waals surface area contributed by atoms with Crippen LogP contribution in [0.25, 0.3) is 0 Å². The van der Waals surface area contributed by atoms with Crippen molar-refractivity contribution in [3.8, 4) is 0 Å². The fourth-order valence-electron chi connectivity index (χ4n) is 4.60. The van der Waals surface area contributed by atoms with Crippen molar-refractivity contribution in [3.63, 3.8) is 0 Å².